The van der Waals surface area contributed by atoms with Crippen molar-refractivity contribution in [2.45, 2.75) is 19.3 Å². The van der Waals surface area contributed by atoms with Gasteiger partial charge in [0.05, 0.1) is 10.6 Å². The molecule has 1 N–H and O–H groups in total. The second kappa shape index (κ2) is 5.58. The molecule has 11 heteroatoms. The van der Waals surface area contributed by atoms with Crippen LogP contribution in [-0.2, 0) is 12.4 Å². The van der Waals surface area contributed by atoms with Crippen molar-refractivity contribution in [1.29, 1.82) is 0 Å². The van der Waals surface area contributed by atoms with E-state index in [2.05, 4.69) is 19.9 Å². The number of nitrogens with zero attached hydrogens (tertiary/aromatic N) is 3. The molecule has 0 unspecified atom stereocenters. The molecule has 0 atom stereocenters. The number of fused-ring (bicyclic) bond motifs is 1. The molecule has 0 spiro atoms. The highest BCUT2D eigenvalue weighted by Gasteiger charge is 2.37. The standard InChI is InChI=1S/C14H7ClF6N4/c1-5-22-10(14(19,20)21)9-12(23-5)25-11(24-9)7-4-6(13(16,17)18)2-3-8(7)15/h2-4H,1H3,(H,22,23,24,25). The molecule has 1 aromatic carbocycles. The lowest BCUT2D eigenvalue weighted by molar-refractivity contribution is -0.140. The van der Waals surface area contributed by atoms with Crippen LogP contribution in [0.15, 0.2) is 18.2 Å². The smallest absolute Gasteiger partial charge is 0.335 e. The summed E-state index contributed by atoms with van der Waals surface area (Å²) in [6.45, 7) is 1.25. The van der Waals surface area contributed by atoms with Gasteiger partial charge < -0.3 is 4.98 Å². The van der Waals surface area contributed by atoms with Crippen molar-refractivity contribution in [3.63, 3.8) is 0 Å². The zero-order valence-electron chi connectivity index (χ0n) is 12.2. The van der Waals surface area contributed by atoms with Gasteiger partial charge in [0.1, 0.15) is 17.2 Å². The molecular weight excluding hydrogens is 374 g/mol. The van der Waals surface area contributed by atoms with Crippen molar-refractivity contribution in [2.24, 2.45) is 0 Å². The fourth-order valence-corrected chi connectivity index (χ4v) is 2.43. The maximum atomic E-state index is 13.1. The number of alkyl halides is 6. The van der Waals surface area contributed by atoms with Gasteiger partial charge in [0.25, 0.3) is 0 Å². The zero-order valence-corrected chi connectivity index (χ0v) is 13.0. The molecule has 3 aromatic rings. The summed E-state index contributed by atoms with van der Waals surface area (Å²) in [6.07, 6.45) is -9.42. The molecule has 0 aliphatic heterocycles. The Bertz CT molecular complexity index is 960. The van der Waals surface area contributed by atoms with Crippen LogP contribution in [0.3, 0.4) is 0 Å². The highest BCUT2D eigenvalue weighted by Crippen LogP contribution is 2.37. The lowest BCUT2D eigenvalue weighted by Crippen LogP contribution is -2.10. The summed E-state index contributed by atoms with van der Waals surface area (Å²) in [5.41, 5.74) is -3.30. The van der Waals surface area contributed by atoms with Gasteiger partial charge in [-0.1, -0.05) is 11.6 Å². The van der Waals surface area contributed by atoms with E-state index in [0.29, 0.717) is 6.07 Å². The Morgan fingerprint density at radius 1 is 0.960 bits per heavy atom. The average molecular weight is 381 g/mol. The molecule has 0 saturated carbocycles. The maximum Gasteiger partial charge on any atom is 0.435 e. The minimum atomic E-state index is -4.78. The minimum absolute atomic E-state index is 0.106. The van der Waals surface area contributed by atoms with Gasteiger partial charge in [-0.3, -0.25) is 0 Å². The number of hydrogen-bond acceptors (Lipinski definition) is 3. The van der Waals surface area contributed by atoms with Gasteiger partial charge in [0.2, 0.25) is 0 Å². The predicted molar refractivity (Wildman–Crippen MR) is 76.9 cm³/mol. The Kier molecular flexibility index (Phi) is 3.90. The molecule has 132 valence electrons. The summed E-state index contributed by atoms with van der Waals surface area (Å²) in [5.74, 6) is -0.440. The van der Waals surface area contributed by atoms with Crippen molar-refractivity contribution >= 4 is 22.8 Å². The van der Waals surface area contributed by atoms with E-state index in [-0.39, 0.29) is 27.9 Å². The van der Waals surface area contributed by atoms with E-state index >= 15 is 0 Å². The molecule has 0 saturated heterocycles. The van der Waals surface area contributed by atoms with Gasteiger partial charge in [-0.15, -0.1) is 0 Å². The van der Waals surface area contributed by atoms with Gasteiger partial charge >= 0.3 is 12.4 Å². The first kappa shape index (κ1) is 17.5. The first-order chi connectivity index (χ1) is 11.5. The molecule has 4 nitrogen and oxygen atoms in total. The summed E-state index contributed by atoms with van der Waals surface area (Å²) in [5, 5.41) is -0.106. The predicted octanol–water partition coefficient (Wildman–Crippen LogP) is 5.02. The number of nitrogens with one attached hydrogen (secondary N) is 1. The monoisotopic (exact) mass is 380 g/mol. The van der Waals surface area contributed by atoms with Gasteiger partial charge in [-0.2, -0.15) is 26.3 Å². The van der Waals surface area contributed by atoms with Gasteiger partial charge in [0.15, 0.2) is 11.3 Å². The molecule has 0 amide bonds. The Balaban J connectivity index is 2.25. The second-order valence-corrected chi connectivity index (χ2v) is 5.50. The SMILES string of the molecule is Cc1nc(C(F)(F)F)c2[nH]c(-c3cc(C(F)(F)F)ccc3Cl)nc2n1. The molecular formula is C14H7ClF6N4. The number of rotatable bonds is 1. The molecule has 0 aliphatic rings. The molecule has 0 bridgehead atoms. The Hall–Kier alpha value is -2.36. The first-order valence-corrected chi connectivity index (χ1v) is 7.03. The molecule has 3 rings (SSSR count). The number of H-pyrrole nitrogens is 1. The number of benzene rings is 1. The summed E-state index contributed by atoms with van der Waals surface area (Å²) in [4.78, 5) is 13.3. The zero-order chi connectivity index (χ0) is 18.6. The average Bonchev–Trinajstić information content (AvgIpc) is 2.87. The van der Waals surface area contributed by atoms with E-state index in [9.17, 15) is 26.3 Å². The highest BCUT2D eigenvalue weighted by molar-refractivity contribution is 6.33. The van der Waals surface area contributed by atoms with E-state index in [1.165, 1.54) is 6.92 Å². The molecule has 0 aliphatic carbocycles. The van der Waals surface area contributed by atoms with Crippen LogP contribution in [0.1, 0.15) is 17.1 Å². The third-order valence-corrected chi connectivity index (χ3v) is 3.61. The largest absolute Gasteiger partial charge is 0.435 e. The molecule has 2 aromatic heterocycles. The lowest BCUT2D eigenvalue weighted by atomic mass is 10.1. The minimum Gasteiger partial charge on any atom is -0.335 e. The van der Waals surface area contributed by atoms with Crippen LogP contribution in [0.4, 0.5) is 26.3 Å². The van der Waals surface area contributed by atoms with Crippen LogP contribution < -0.4 is 0 Å². The number of hydrogen-bond donors (Lipinski definition) is 1. The van der Waals surface area contributed by atoms with Crippen molar-refractivity contribution in [3.05, 3.63) is 40.3 Å². The van der Waals surface area contributed by atoms with Gasteiger partial charge in [-0.05, 0) is 25.1 Å². The quantitative estimate of drug-likeness (QED) is 0.603. The van der Waals surface area contributed by atoms with Crippen molar-refractivity contribution in [2.75, 3.05) is 0 Å². The first-order valence-electron chi connectivity index (χ1n) is 6.65. The van der Waals surface area contributed by atoms with E-state index < -0.39 is 29.1 Å². The molecule has 0 radical (unpaired) electrons. The van der Waals surface area contributed by atoms with Crippen LogP contribution >= 0.6 is 11.6 Å². The topological polar surface area (TPSA) is 54.5 Å². The number of halogens is 7. The molecule has 2 heterocycles. The van der Waals surface area contributed by atoms with Crippen molar-refractivity contribution < 1.29 is 26.3 Å². The van der Waals surface area contributed by atoms with E-state index in [1.807, 2.05) is 0 Å². The van der Waals surface area contributed by atoms with Crippen LogP contribution in [-0.4, -0.2) is 19.9 Å². The Morgan fingerprint density at radius 3 is 2.24 bits per heavy atom. The van der Waals surface area contributed by atoms with Gasteiger partial charge in [0, 0.05) is 5.56 Å². The summed E-state index contributed by atoms with van der Waals surface area (Å²) in [7, 11) is 0. The number of aromatic amines is 1. The number of imidazole rings is 1. The fourth-order valence-electron chi connectivity index (χ4n) is 2.22. The second-order valence-electron chi connectivity index (χ2n) is 5.09. The number of aromatic nitrogens is 4. The van der Waals surface area contributed by atoms with Crippen LogP contribution in [0.25, 0.3) is 22.6 Å². The van der Waals surface area contributed by atoms with Crippen molar-refractivity contribution in [1.82, 2.24) is 19.9 Å². The molecule has 0 fully saturated rings. The normalized spacial score (nSPS) is 12.8. The third-order valence-electron chi connectivity index (χ3n) is 3.28. The lowest BCUT2D eigenvalue weighted by Gasteiger charge is -2.09. The fraction of sp³-hybridized carbons (Fsp3) is 0.214. The summed E-state index contributed by atoms with van der Waals surface area (Å²) >= 11 is 5.88. The van der Waals surface area contributed by atoms with Crippen LogP contribution in [0.5, 0.6) is 0 Å². The Labute approximate surface area is 140 Å². The van der Waals surface area contributed by atoms with E-state index in [1.54, 1.807) is 0 Å². The van der Waals surface area contributed by atoms with E-state index in [0.717, 1.165) is 12.1 Å². The summed E-state index contributed by atoms with van der Waals surface area (Å²) < 4.78 is 77.8. The Morgan fingerprint density at radius 2 is 1.64 bits per heavy atom. The maximum absolute atomic E-state index is 13.1. The number of aryl methyl sites for hydroxylation is 1. The third kappa shape index (κ3) is 3.26. The van der Waals surface area contributed by atoms with E-state index in [4.69, 9.17) is 11.6 Å². The van der Waals surface area contributed by atoms with Crippen LogP contribution in [0, 0.1) is 6.92 Å². The van der Waals surface area contributed by atoms with Crippen molar-refractivity contribution in [3.8, 4) is 11.4 Å². The van der Waals surface area contributed by atoms with Crippen LogP contribution in [0.2, 0.25) is 5.02 Å². The molecule has 25 heavy (non-hydrogen) atoms. The van der Waals surface area contributed by atoms with Gasteiger partial charge in [-0.25, -0.2) is 15.0 Å². The highest BCUT2D eigenvalue weighted by atomic mass is 35.5. The summed E-state index contributed by atoms with van der Waals surface area (Å²) in [6, 6.07) is 2.46.